The van der Waals surface area contributed by atoms with Gasteiger partial charge in [0.2, 0.25) is 0 Å². The van der Waals surface area contributed by atoms with Crippen molar-refractivity contribution in [3.8, 4) is 16.9 Å². The fraction of sp³-hybridized carbons (Fsp3) is 0.333. The average Bonchev–Trinajstić information content (AvgIpc) is 3.30. The van der Waals surface area contributed by atoms with Crippen LogP contribution in [0.1, 0.15) is 25.3 Å². The molecule has 3 rings (SSSR count). The molecule has 0 spiro atoms. The Bertz CT molecular complexity index is 605. The second-order valence-corrected chi connectivity index (χ2v) is 5.42. The second kappa shape index (κ2) is 6.27. The van der Waals surface area contributed by atoms with Gasteiger partial charge in [-0.15, -0.1) is 0 Å². The molecule has 0 unspecified atom stereocenters. The van der Waals surface area contributed by atoms with Crippen LogP contribution in [-0.2, 0) is 6.54 Å². The quantitative estimate of drug-likeness (QED) is 0.861. The predicted octanol–water partition coefficient (Wildman–Crippen LogP) is 4.14. The Morgan fingerprint density at radius 3 is 2.57 bits per heavy atom. The van der Waals surface area contributed by atoms with Crippen LogP contribution < -0.4 is 10.1 Å². The minimum atomic E-state index is -0.194. The summed E-state index contributed by atoms with van der Waals surface area (Å²) in [6.45, 7) is 3.58. The number of ether oxygens (including phenoxy) is 1. The number of rotatable bonds is 6. The molecule has 21 heavy (non-hydrogen) atoms. The van der Waals surface area contributed by atoms with Crippen molar-refractivity contribution in [2.75, 3.05) is 6.54 Å². The van der Waals surface area contributed by atoms with Crippen molar-refractivity contribution in [1.29, 1.82) is 0 Å². The van der Waals surface area contributed by atoms with E-state index in [2.05, 4.69) is 5.32 Å². The third kappa shape index (κ3) is 3.61. The first-order valence-corrected chi connectivity index (χ1v) is 7.52. The molecule has 2 nitrogen and oxygen atoms in total. The summed E-state index contributed by atoms with van der Waals surface area (Å²) in [5, 5.41) is 3.26. The molecular weight excluding hydrogens is 265 g/mol. The van der Waals surface area contributed by atoms with E-state index in [0.717, 1.165) is 41.8 Å². The molecule has 0 bridgehead atoms. The molecule has 0 amide bonds. The first kappa shape index (κ1) is 14.1. The standard InChI is InChI=1S/C18H20FNO/c1-2-20-12-14-11-15(19)5-10-18(14)13-3-6-16(7-4-13)21-17-8-9-17/h3-7,10-11,17,20H,2,8-9,12H2,1H3. The number of hydrogen-bond acceptors (Lipinski definition) is 2. The molecule has 0 radical (unpaired) electrons. The Labute approximate surface area is 125 Å². The van der Waals surface area contributed by atoms with Crippen LogP contribution in [0.5, 0.6) is 5.75 Å². The van der Waals surface area contributed by atoms with Crippen LogP contribution in [0.2, 0.25) is 0 Å². The fourth-order valence-corrected chi connectivity index (χ4v) is 2.34. The third-order valence-electron chi connectivity index (χ3n) is 3.63. The van der Waals surface area contributed by atoms with Gasteiger partial charge in [0, 0.05) is 6.54 Å². The van der Waals surface area contributed by atoms with Gasteiger partial charge >= 0.3 is 0 Å². The van der Waals surface area contributed by atoms with Crippen LogP contribution in [0.4, 0.5) is 4.39 Å². The van der Waals surface area contributed by atoms with Crippen molar-refractivity contribution in [2.45, 2.75) is 32.4 Å². The average molecular weight is 285 g/mol. The molecule has 0 aromatic heterocycles. The molecule has 1 fully saturated rings. The molecule has 1 saturated carbocycles. The van der Waals surface area contributed by atoms with E-state index in [1.165, 1.54) is 6.07 Å². The van der Waals surface area contributed by atoms with E-state index in [1.54, 1.807) is 6.07 Å². The topological polar surface area (TPSA) is 21.3 Å². The van der Waals surface area contributed by atoms with Crippen LogP contribution in [0.25, 0.3) is 11.1 Å². The lowest BCUT2D eigenvalue weighted by Crippen LogP contribution is -2.12. The zero-order valence-corrected chi connectivity index (χ0v) is 12.2. The number of halogens is 1. The normalized spacial score (nSPS) is 14.2. The largest absolute Gasteiger partial charge is 0.490 e. The maximum absolute atomic E-state index is 13.5. The van der Waals surface area contributed by atoms with Crippen LogP contribution in [-0.4, -0.2) is 12.6 Å². The molecule has 2 aromatic rings. The highest BCUT2D eigenvalue weighted by molar-refractivity contribution is 5.68. The number of nitrogens with one attached hydrogen (secondary N) is 1. The molecular formula is C18H20FNO. The summed E-state index contributed by atoms with van der Waals surface area (Å²) < 4.78 is 19.2. The molecule has 110 valence electrons. The van der Waals surface area contributed by atoms with Gasteiger partial charge in [0.1, 0.15) is 11.6 Å². The Kier molecular flexibility index (Phi) is 4.20. The Morgan fingerprint density at radius 1 is 1.14 bits per heavy atom. The molecule has 0 atom stereocenters. The van der Waals surface area contributed by atoms with Gasteiger partial charge in [0.05, 0.1) is 6.10 Å². The highest BCUT2D eigenvalue weighted by Crippen LogP contribution is 2.30. The van der Waals surface area contributed by atoms with Gasteiger partial charge in [-0.1, -0.05) is 25.1 Å². The first-order valence-electron chi connectivity index (χ1n) is 7.52. The van der Waals surface area contributed by atoms with Crippen molar-refractivity contribution in [3.63, 3.8) is 0 Å². The lowest BCUT2D eigenvalue weighted by atomic mass is 9.99. The molecule has 1 aliphatic rings. The predicted molar refractivity (Wildman–Crippen MR) is 82.9 cm³/mol. The van der Waals surface area contributed by atoms with Gasteiger partial charge in [-0.2, -0.15) is 0 Å². The van der Waals surface area contributed by atoms with Crippen LogP contribution in [0.3, 0.4) is 0 Å². The number of hydrogen-bond donors (Lipinski definition) is 1. The summed E-state index contributed by atoms with van der Waals surface area (Å²) >= 11 is 0. The van der Waals surface area contributed by atoms with Crippen molar-refractivity contribution >= 4 is 0 Å². The highest BCUT2D eigenvalue weighted by Gasteiger charge is 2.23. The lowest BCUT2D eigenvalue weighted by molar-refractivity contribution is 0.303. The zero-order chi connectivity index (χ0) is 14.7. The summed E-state index contributed by atoms with van der Waals surface area (Å²) in [6.07, 6.45) is 2.73. The van der Waals surface area contributed by atoms with Gasteiger partial charge in [0.25, 0.3) is 0 Å². The van der Waals surface area contributed by atoms with E-state index < -0.39 is 0 Å². The maximum atomic E-state index is 13.5. The smallest absolute Gasteiger partial charge is 0.123 e. The summed E-state index contributed by atoms with van der Waals surface area (Å²) in [6, 6.07) is 13.0. The van der Waals surface area contributed by atoms with Gasteiger partial charge in [-0.3, -0.25) is 0 Å². The molecule has 2 aromatic carbocycles. The van der Waals surface area contributed by atoms with E-state index in [-0.39, 0.29) is 5.82 Å². The third-order valence-corrected chi connectivity index (χ3v) is 3.63. The summed E-state index contributed by atoms with van der Waals surface area (Å²) in [4.78, 5) is 0. The van der Waals surface area contributed by atoms with Gasteiger partial charge in [-0.25, -0.2) is 4.39 Å². The van der Waals surface area contributed by atoms with Crippen molar-refractivity contribution in [2.24, 2.45) is 0 Å². The van der Waals surface area contributed by atoms with Crippen LogP contribution >= 0.6 is 0 Å². The summed E-state index contributed by atoms with van der Waals surface area (Å²) in [7, 11) is 0. The first-order chi connectivity index (χ1) is 10.3. The van der Waals surface area contributed by atoms with Gasteiger partial charge in [0.15, 0.2) is 0 Å². The van der Waals surface area contributed by atoms with Crippen molar-refractivity contribution in [3.05, 3.63) is 53.8 Å². The fourth-order valence-electron chi connectivity index (χ4n) is 2.34. The van der Waals surface area contributed by atoms with E-state index >= 15 is 0 Å². The molecule has 0 heterocycles. The Morgan fingerprint density at radius 2 is 1.90 bits per heavy atom. The van der Waals surface area contributed by atoms with Crippen molar-refractivity contribution in [1.82, 2.24) is 5.32 Å². The van der Waals surface area contributed by atoms with Crippen LogP contribution in [0.15, 0.2) is 42.5 Å². The number of benzene rings is 2. The van der Waals surface area contributed by atoms with Crippen molar-refractivity contribution < 1.29 is 9.13 Å². The SMILES string of the molecule is CCNCc1cc(F)ccc1-c1ccc(OC2CC2)cc1. The van der Waals surface area contributed by atoms with Gasteiger partial charge in [-0.05, 0) is 60.3 Å². The van der Waals surface area contributed by atoms with E-state index in [0.29, 0.717) is 12.6 Å². The summed E-state index contributed by atoms with van der Waals surface area (Å²) in [5.74, 6) is 0.719. The van der Waals surface area contributed by atoms with Gasteiger partial charge < -0.3 is 10.1 Å². The maximum Gasteiger partial charge on any atom is 0.123 e. The Balaban J connectivity index is 1.84. The zero-order valence-electron chi connectivity index (χ0n) is 12.2. The van der Waals surface area contributed by atoms with E-state index in [4.69, 9.17) is 4.74 Å². The molecule has 3 heteroatoms. The molecule has 0 aliphatic heterocycles. The molecule has 1 aliphatic carbocycles. The summed E-state index contributed by atoms with van der Waals surface area (Å²) in [5.41, 5.74) is 3.13. The highest BCUT2D eigenvalue weighted by atomic mass is 19.1. The van der Waals surface area contributed by atoms with E-state index in [1.807, 2.05) is 37.3 Å². The van der Waals surface area contributed by atoms with E-state index in [9.17, 15) is 4.39 Å². The second-order valence-electron chi connectivity index (χ2n) is 5.42. The molecule has 1 N–H and O–H groups in total. The minimum absolute atomic E-state index is 0.194. The molecule has 0 saturated heterocycles. The lowest BCUT2D eigenvalue weighted by Gasteiger charge is -2.11. The monoisotopic (exact) mass is 285 g/mol. The Hall–Kier alpha value is -1.87. The minimum Gasteiger partial charge on any atom is -0.490 e. The van der Waals surface area contributed by atoms with Crippen LogP contribution in [0, 0.1) is 5.82 Å².